The fourth-order valence-electron chi connectivity index (χ4n) is 2.68. The Kier molecular flexibility index (Phi) is 5.23. The molecule has 0 saturated carbocycles. The minimum absolute atomic E-state index is 0.0347. The predicted octanol–water partition coefficient (Wildman–Crippen LogP) is 3.04. The first-order valence-electron chi connectivity index (χ1n) is 7.61. The van der Waals surface area contributed by atoms with Gasteiger partial charge in [-0.15, -0.1) is 0 Å². The van der Waals surface area contributed by atoms with E-state index in [0.717, 1.165) is 41.9 Å². The van der Waals surface area contributed by atoms with Crippen molar-refractivity contribution in [2.24, 2.45) is 0 Å². The topological polar surface area (TPSA) is 47.6 Å². The number of nitrogens with one attached hydrogen (secondary N) is 1. The molecule has 1 unspecified atom stereocenters. The van der Waals surface area contributed by atoms with Gasteiger partial charge in [-0.25, -0.2) is 0 Å². The Labute approximate surface area is 126 Å². The zero-order valence-electron chi connectivity index (χ0n) is 13.4. The van der Waals surface area contributed by atoms with Crippen LogP contribution in [0.1, 0.15) is 54.1 Å². The van der Waals surface area contributed by atoms with Crippen molar-refractivity contribution < 1.29 is 14.3 Å². The number of benzene rings is 1. The van der Waals surface area contributed by atoms with Crippen LogP contribution in [0, 0.1) is 6.92 Å². The molecule has 21 heavy (non-hydrogen) atoms. The summed E-state index contributed by atoms with van der Waals surface area (Å²) in [5, 5.41) is 2.98. The van der Waals surface area contributed by atoms with Gasteiger partial charge in [-0.1, -0.05) is 13.8 Å². The van der Waals surface area contributed by atoms with Crippen LogP contribution in [-0.2, 0) is 4.74 Å². The lowest BCUT2D eigenvalue weighted by atomic mass is 9.96. The van der Waals surface area contributed by atoms with Gasteiger partial charge in [0.05, 0.1) is 13.2 Å². The van der Waals surface area contributed by atoms with E-state index in [0.29, 0.717) is 12.5 Å². The van der Waals surface area contributed by atoms with E-state index >= 15 is 0 Å². The highest BCUT2D eigenvalue weighted by atomic mass is 16.5. The normalized spacial score (nSPS) is 18.0. The molecular formula is C17H25NO3. The highest BCUT2D eigenvalue weighted by Crippen LogP contribution is 2.29. The molecule has 1 atom stereocenters. The molecule has 1 aliphatic heterocycles. The standard InChI is InChI=1S/C17H25NO3/c1-11(2)14-9-15(12(3)8-16(14)20-4)17(19)18-10-13-6-5-7-21-13/h8-9,11,13H,5-7,10H2,1-4H3,(H,18,19). The first-order chi connectivity index (χ1) is 10.0. The Morgan fingerprint density at radius 1 is 1.48 bits per heavy atom. The van der Waals surface area contributed by atoms with Gasteiger partial charge in [0.1, 0.15) is 5.75 Å². The Morgan fingerprint density at radius 2 is 2.24 bits per heavy atom. The average molecular weight is 291 g/mol. The number of carbonyl (C=O) groups excluding carboxylic acids is 1. The van der Waals surface area contributed by atoms with Crippen molar-refractivity contribution in [3.8, 4) is 5.75 Å². The molecule has 0 aliphatic carbocycles. The van der Waals surface area contributed by atoms with E-state index in [4.69, 9.17) is 9.47 Å². The molecular weight excluding hydrogens is 266 g/mol. The lowest BCUT2D eigenvalue weighted by molar-refractivity contribution is 0.0857. The van der Waals surface area contributed by atoms with Crippen LogP contribution in [0.4, 0.5) is 0 Å². The van der Waals surface area contributed by atoms with Crippen molar-refractivity contribution in [2.45, 2.75) is 45.6 Å². The van der Waals surface area contributed by atoms with Gasteiger partial charge in [0.15, 0.2) is 0 Å². The summed E-state index contributed by atoms with van der Waals surface area (Å²) in [7, 11) is 1.66. The van der Waals surface area contributed by atoms with E-state index in [2.05, 4.69) is 19.2 Å². The molecule has 1 saturated heterocycles. The van der Waals surface area contributed by atoms with E-state index in [1.54, 1.807) is 7.11 Å². The van der Waals surface area contributed by atoms with Crippen LogP contribution < -0.4 is 10.1 Å². The molecule has 1 aromatic rings. The molecule has 0 radical (unpaired) electrons. The van der Waals surface area contributed by atoms with E-state index in [9.17, 15) is 4.79 Å². The van der Waals surface area contributed by atoms with Crippen LogP contribution in [0.15, 0.2) is 12.1 Å². The van der Waals surface area contributed by atoms with E-state index in [-0.39, 0.29) is 12.0 Å². The molecule has 4 nitrogen and oxygen atoms in total. The molecule has 1 N–H and O–H groups in total. The molecule has 1 aromatic carbocycles. The lowest BCUT2D eigenvalue weighted by Gasteiger charge is -2.17. The van der Waals surface area contributed by atoms with Crippen molar-refractivity contribution >= 4 is 5.91 Å². The molecule has 1 aliphatic rings. The molecule has 0 bridgehead atoms. The first-order valence-corrected chi connectivity index (χ1v) is 7.61. The molecule has 1 fully saturated rings. The molecule has 1 heterocycles. The predicted molar refractivity (Wildman–Crippen MR) is 83.1 cm³/mol. The van der Waals surface area contributed by atoms with E-state index < -0.39 is 0 Å². The van der Waals surface area contributed by atoms with Gasteiger partial charge in [-0.2, -0.15) is 0 Å². The summed E-state index contributed by atoms with van der Waals surface area (Å²) in [5.74, 6) is 1.12. The number of hydrogen-bond donors (Lipinski definition) is 1. The first kappa shape index (κ1) is 15.8. The van der Waals surface area contributed by atoms with Crippen LogP contribution in [0.5, 0.6) is 5.75 Å². The summed E-state index contributed by atoms with van der Waals surface area (Å²) < 4.78 is 10.9. The van der Waals surface area contributed by atoms with Crippen LogP contribution >= 0.6 is 0 Å². The summed E-state index contributed by atoms with van der Waals surface area (Å²) in [5.41, 5.74) is 2.71. The minimum Gasteiger partial charge on any atom is -0.496 e. The number of methoxy groups -OCH3 is 1. The summed E-state index contributed by atoms with van der Waals surface area (Å²) >= 11 is 0. The number of amides is 1. The second-order valence-corrected chi connectivity index (χ2v) is 5.91. The Bertz CT molecular complexity index is 505. The van der Waals surface area contributed by atoms with Gasteiger partial charge in [-0.05, 0) is 48.9 Å². The number of ether oxygens (including phenoxy) is 2. The Balaban J connectivity index is 2.13. The third kappa shape index (κ3) is 3.76. The maximum atomic E-state index is 12.4. The minimum atomic E-state index is -0.0347. The van der Waals surface area contributed by atoms with Crippen LogP contribution in [0.3, 0.4) is 0 Å². The summed E-state index contributed by atoms with van der Waals surface area (Å²) in [4.78, 5) is 12.4. The second-order valence-electron chi connectivity index (χ2n) is 5.91. The van der Waals surface area contributed by atoms with Gasteiger partial charge in [0.25, 0.3) is 5.91 Å². The maximum absolute atomic E-state index is 12.4. The largest absolute Gasteiger partial charge is 0.496 e. The number of aryl methyl sites for hydroxylation is 1. The highest BCUT2D eigenvalue weighted by Gasteiger charge is 2.19. The summed E-state index contributed by atoms with van der Waals surface area (Å²) in [6.07, 6.45) is 2.27. The number of carbonyl (C=O) groups is 1. The molecule has 0 spiro atoms. The smallest absolute Gasteiger partial charge is 0.251 e. The van der Waals surface area contributed by atoms with Crippen LogP contribution in [0.2, 0.25) is 0 Å². The monoisotopic (exact) mass is 291 g/mol. The van der Waals surface area contributed by atoms with E-state index in [1.165, 1.54) is 0 Å². The fourth-order valence-corrected chi connectivity index (χ4v) is 2.68. The van der Waals surface area contributed by atoms with Crippen LogP contribution in [-0.4, -0.2) is 32.3 Å². The van der Waals surface area contributed by atoms with Crippen molar-refractivity contribution in [3.63, 3.8) is 0 Å². The van der Waals surface area contributed by atoms with Gasteiger partial charge in [0.2, 0.25) is 0 Å². The number of rotatable bonds is 5. The van der Waals surface area contributed by atoms with Crippen LogP contribution in [0.25, 0.3) is 0 Å². The zero-order valence-corrected chi connectivity index (χ0v) is 13.4. The SMILES string of the molecule is COc1cc(C)c(C(=O)NCC2CCCO2)cc1C(C)C. The molecule has 0 aromatic heterocycles. The average Bonchev–Trinajstić information content (AvgIpc) is 2.97. The molecule has 1 amide bonds. The summed E-state index contributed by atoms with van der Waals surface area (Å²) in [6.45, 7) is 7.52. The van der Waals surface area contributed by atoms with Gasteiger partial charge in [-0.3, -0.25) is 4.79 Å². The second kappa shape index (κ2) is 6.94. The van der Waals surface area contributed by atoms with Crippen molar-refractivity contribution in [1.82, 2.24) is 5.32 Å². The Hall–Kier alpha value is -1.55. The van der Waals surface area contributed by atoms with Gasteiger partial charge < -0.3 is 14.8 Å². The highest BCUT2D eigenvalue weighted by molar-refractivity contribution is 5.96. The zero-order chi connectivity index (χ0) is 15.4. The van der Waals surface area contributed by atoms with E-state index in [1.807, 2.05) is 19.1 Å². The van der Waals surface area contributed by atoms with Crippen molar-refractivity contribution in [2.75, 3.05) is 20.3 Å². The van der Waals surface area contributed by atoms with Gasteiger partial charge >= 0.3 is 0 Å². The third-order valence-electron chi connectivity index (χ3n) is 3.96. The maximum Gasteiger partial charge on any atom is 0.251 e. The third-order valence-corrected chi connectivity index (χ3v) is 3.96. The molecule has 2 rings (SSSR count). The fraction of sp³-hybridized carbons (Fsp3) is 0.588. The van der Waals surface area contributed by atoms with Gasteiger partial charge in [0, 0.05) is 18.7 Å². The lowest BCUT2D eigenvalue weighted by Crippen LogP contribution is -2.32. The van der Waals surface area contributed by atoms with Crippen molar-refractivity contribution in [3.05, 3.63) is 28.8 Å². The summed E-state index contributed by atoms with van der Waals surface area (Å²) in [6, 6.07) is 3.89. The Morgan fingerprint density at radius 3 is 2.81 bits per heavy atom. The number of hydrogen-bond acceptors (Lipinski definition) is 3. The quantitative estimate of drug-likeness (QED) is 0.907. The molecule has 4 heteroatoms. The molecule has 116 valence electrons. The van der Waals surface area contributed by atoms with Crippen molar-refractivity contribution in [1.29, 1.82) is 0 Å².